The summed E-state index contributed by atoms with van der Waals surface area (Å²) in [6, 6.07) is 15.0. The summed E-state index contributed by atoms with van der Waals surface area (Å²) in [5.74, 6) is 1.78. The Labute approximate surface area is 166 Å². The van der Waals surface area contributed by atoms with Gasteiger partial charge in [0.15, 0.2) is 0 Å². The Kier molecular flexibility index (Phi) is 7.12. The van der Waals surface area contributed by atoms with Crippen LogP contribution in [0.15, 0.2) is 61.2 Å². The van der Waals surface area contributed by atoms with Crippen LogP contribution in [-0.4, -0.2) is 33.0 Å². The van der Waals surface area contributed by atoms with E-state index in [9.17, 15) is 4.79 Å². The Balaban J connectivity index is 1.41. The number of anilines is 1. The van der Waals surface area contributed by atoms with E-state index in [-0.39, 0.29) is 5.91 Å². The number of carbonyl (C=O) groups excluding carboxylic acids is 1. The first kappa shape index (κ1) is 19.3. The predicted octanol–water partition coefficient (Wildman–Crippen LogP) is 3.88. The third-order valence-corrected chi connectivity index (χ3v) is 4.84. The minimum absolute atomic E-state index is 0.0475. The molecule has 1 heterocycles. The fraction of sp³-hybridized carbons (Fsp3) is 0.211. The number of thioether (sulfide) groups is 1. The van der Waals surface area contributed by atoms with Crippen LogP contribution in [0.25, 0.3) is 0 Å². The van der Waals surface area contributed by atoms with E-state index in [1.807, 2.05) is 48.5 Å². The van der Waals surface area contributed by atoms with Crippen LogP contribution in [0.5, 0.6) is 5.75 Å². The zero-order valence-corrected chi connectivity index (χ0v) is 16.1. The third-order valence-electron chi connectivity index (χ3n) is 3.59. The van der Waals surface area contributed by atoms with Crippen LogP contribution in [-0.2, 0) is 17.1 Å². The Morgan fingerprint density at radius 2 is 2.07 bits per heavy atom. The van der Waals surface area contributed by atoms with Gasteiger partial charge in [-0.25, -0.2) is 9.67 Å². The predicted molar refractivity (Wildman–Crippen MR) is 108 cm³/mol. The van der Waals surface area contributed by atoms with E-state index in [1.54, 1.807) is 22.8 Å². The smallest absolute Gasteiger partial charge is 0.234 e. The maximum Gasteiger partial charge on any atom is 0.234 e. The Morgan fingerprint density at radius 1 is 1.22 bits per heavy atom. The van der Waals surface area contributed by atoms with E-state index in [2.05, 4.69) is 15.4 Å². The molecule has 0 atom stereocenters. The quantitative estimate of drug-likeness (QED) is 0.588. The average Bonchev–Trinajstić information content (AvgIpc) is 3.17. The van der Waals surface area contributed by atoms with Crippen LogP contribution < -0.4 is 10.1 Å². The molecule has 6 nitrogen and oxygen atoms in total. The third kappa shape index (κ3) is 6.62. The van der Waals surface area contributed by atoms with E-state index in [0.717, 1.165) is 11.3 Å². The Bertz CT molecular complexity index is 856. The van der Waals surface area contributed by atoms with Crippen molar-refractivity contribution in [2.24, 2.45) is 0 Å². The highest BCUT2D eigenvalue weighted by molar-refractivity contribution is 7.99. The topological polar surface area (TPSA) is 69.0 Å². The van der Waals surface area contributed by atoms with Crippen LogP contribution in [0.3, 0.4) is 0 Å². The summed E-state index contributed by atoms with van der Waals surface area (Å²) in [6.07, 6.45) is 3.13. The SMILES string of the molecule is O=C(CSCc1ccc(Cl)cc1)Nc1cccc(OCCn2cncn2)c1. The molecule has 0 saturated heterocycles. The van der Waals surface area contributed by atoms with Crippen molar-refractivity contribution >= 4 is 35.0 Å². The number of nitrogens with zero attached hydrogens (tertiary/aromatic N) is 3. The molecule has 0 radical (unpaired) electrons. The zero-order chi connectivity index (χ0) is 18.9. The molecular formula is C19H19ClN4O2S. The molecule has 0 spiro atoms. The maximum absolute atomic E-state index is 12.1. The molecule has 1 amide bonds. The lowest BCUT2D eigenvalue weighted by Crippen LogP contribution is -2.14. The normalized spacial score (nSPS) is 10.6. The van der Waals surface area contributed by atoms with Crippen molar-refractivity contribution in [1.29, 1.82) is 0 Å². The molecule has 27 heavy (non-hydrogen) atoms. The van der Waals surface area contributed by atoms with E-state index in [1.165, 1.54) is 6.33 Å². The fourth-order valence-corrected chi connectivity index (χ4v) is 3.22. The van der Waals surface area contributed by atoms with Gasteiger partial charge in [-0.05, 0) is 29.8 Å². The van der Waals surface area contributed by atoms with E-state index < -0.39 is 0 Å². The summed E-state index contributed by atoms with van der Waals surface area (Å²) < 4.78 is 7.39. The number of benzene rings is 2. The number of rotatable bonds is 9. The molecule has 8 heteroatoms. The summed E-state index contributed by atoms with van der Waals surface area (Å²) in [5.41, 5.74) is 1.85. The largest absolute Gasteiger partial charge is 0.492 e. The second-order valence-electron chi connectivity index (χ2n) is 5.70. The van der Waals surface area contributed by atoms with Gasteiger partial charge in [0.2, 0.25) is 5.91 Å². The van der Waals surface area contributed by atoms with Gasteiger partial charge < -0.3 is 10.1 Å². The van der Waals surface area contributed by atoms with Gasteiger partial charge in [-0.2, -0.15) is 5.10 Å². The highest BCUT2D eigenvalue weighted by Crippen LogP contribution is 2.19. The molecule has 2 aromatic carbocycles. The van der Waals surface area contributed by atoms with Crippen molar-refractivity contribution in [2.75, 3.05) is 17.7 Å². The van der Waals surface area contributed by atoms with Crippen molar-refractivity contribution in [2.45, 2.75) is 12.3 Å². The number of ether oxygens (including phenoxy) is 1. The number of halogens is 1. The highest BCUT2D eigenvalue weighted by Gasteiger charge is 2.05. The fourth-order valence-electron chi connectivity index (χ4n) is 2.31. The molecule has 3 aromatic rings. The number of hydrogen-bond acceptors (Lipinski definition) is 5. The molecular weight excluding hydrogens is 384 g/mol. The summed E-state index contributed by atoms with van der Waals surface area (Å²) in [4.78, 5) is 16.0. The second kappa shape index (κ2) is 9.99. The molecule has 0 saturated carbocycles. The molecule has 3 rings (SSSR count). The molecule has 0 aliphatic rings. The van der Waals surface area contributed by atoms with Gasteiger partial charge in [0, 0.05) is 22.5 Å². The van der Waals surface area contributed by atoms with Gasteiger partial charge in [-0.1, -0.05) is 29.8 Å². The van der Waals surface area contributed by atoms with E-state index in [4.69, 9.17) is 16.3 Å². The van der Waals surface area contributed by atoms with Gasteiger partial charge in [-0.3, -0.25) is 4.79 Å². The molecule has 0 bridgehead atoms. The first-order valence-corrected chi connectivity index (χ1v) is 9.89. The van der Waals surface area contributed by atoms with Crippen molar-refractivity contribution in [3.8, 4) is 5.75 Å². The standard InChI is InChI=1S/C19H19ClN4O2S/c20-16-6-4-15(5-7-16)11-27-12-19(25)23-17-2-1-3-18(10-17)26-9-8-24-14-21-13-22-24/h1-7,10,13-14H,8-9,11-12H2,(H,23,25). The molecule has 0 fully saturated rings. The average molecular weight is 403 g/mol. The number of hydrogen-bond donors (Lipinski definition) is 1. The minimum Gasteiger partial charge on any atom is -0.492 e. The molecule has 1 N–H and O–H groups in total. The van der Waals surface area contributed by atoms with Crippen LogP contribution in [0.1, 0.15) is 5.56 Å². The van der Waals surface area contributed by atoms with Crippen LogP contribution in [0.2, 0.25) is 5.02 Å². The molecule has 0 aliphatic heterocycles. The Hall–Kier alpha value is -2.51. The summed E-state index contributed by atoms with van der Waals surface area (Å²) in [7, 11) is 0. The molecule has 0 unspecified atom stereocenters. The maximum atomic E-state index is 12.1. The molecule has 0 aliphatic carbocycles. The Morgan fingerprint density at radius 3 is 2.85 bits per heavy atom. The van der Waals surface area contributed by atoms with E-state index in [0.29, 0.717) is 35.4 Å². The highest BCUT2D eigenvalue weighted by atomic mass is 35.5. The number of amides is 1. The molecule has 140 valence electrons. The first-order chi connectivity index (χ1) is 13.2. The van der Waals surface area contributed by atoms with Crippen molar-refractivity contribution in [3.63, 3.8) is 0 Å². The van der Waals surface area contributed by atoms with Gasteiger partial charge >= 0.3 is 0 Å². The van der Waals surface area contributed by atoms with Crippen molar-refractivity contribution < 1.29 is 9.53 Å². The van der Waals surface area contributed by atoms with Crippen LogP contribution >= 0.6 is 23.4 Å². The summed E-state index contributed by atoms with van der Waals surface area (Å²) >= 11 is 7.42. The van der Waals surface area contributed by atoms with Gasteiger partial charge in [0.25, 0.3) is 0 Å². The lowest BCUT2D eigenvalue weighted by atomic mass is 10.2. The lowest BCUT2D eigenvalue weighted by molar-refractivity contribution is -0.113. The number of carbonyl (C=O) groups is 1. The summed E-state index contributed by atoms with van der Waals surface area (Å²) in [6.45, 7) is 1.08. The van der Waals surface area contributed by atoms with Crippen LogP contribution in [0, 0.1) is 0 Å². The number of aromatic nitrogens is 3. The second-order valence-corrected chi connectivity index (χ2v) is 7.12. The van der Waals surface area contributed by atoms with Crippen molar-refractivity contribution in [1.82, 2.24) is 14.8 Å². The minimum atomic E-state index is -0.0475. The van der Waals surface area contributed by atoms with Crippen molar-refractivity contribution in [3.05, 3.63) is 71.8 Å². The van der Waals surface area contributed by atoms with Gasteiger partial charge in [0.1, 0.15) is 25.0 Å². The van der Waals surface area contributed by atoms with E-state index >= 15 is 0 Å². The number of nitrogens with one attached hydrogen (secondary N) is 1. The molecule has 1 aromatic heterocycles. The first-order valence-electron chi connectivity index (χ1n) is 8.36. The van der Waals surface area contributed by atoms with Gasteiger partial charge in [0.05, 0.1) is 12.3 Å². The zero-order valence-electron chi connectivity index (χ0n) is 14.5. The van der Waals surface area contributed by atoms with Gasteiger partial charge in [-0.15, -0.1) is 11.8 Å². The monoisotopic (exact) mass is 402 g/mol. The lowest BCUT2D eigenvalue weighted by Gasteiger charge is -2.09. The summed E-state index contributed by atoms with van der Waals surface area (Å²) in [5, 5.41) is 7.62. The van der Waals surface area contributed by atoms with Crippen LogP contribution in [0.4, 0.5) is 5.69 Å².